The summed E-state index contributed by atoms with van der Waals surface area (Å²) in [6.07, 6.45) is 5.22. The summed E-state index contributed by atoms with van der Waals surface area (Å²) in [7, 11) is 1.90. The fourth-order valence-electron chi connectivity index (χ4n) is 3.25. The Morgan fingerprint density at radius 1 is 1.24 bits per heavy atom. The third-order valence-electron chi connectivity index (χ3n) is 4.77. The van der Waals surface area contributed by atoms with Crippen molar-refractivity contribution in [2.75, 3.05) is 11.9 Å². The maximum atomic E-state index is 12.7. The van der Waals surface area contributed by atoms with E-state index in [4.69, 9.17) is 0 Å². The van der Waals surface area contributed by atoms with E-state index in [9.17, 15) is 13.2 Å². The zero-order chi connectivity index (χ0) is 18.0. The first-order chi connectivity index (χ1) is 11.9. The Morgan fingerprint density at radius 2 is 1.96 bits per heavy atom. The number of aromatic nitrogens is 3. The number of pyridine rings is 1. The van der Waals surface area contributed by atoms with Gasteiger partial charge in [-0.3, -0.25) is 0 Å². The van der Waals surface area contributed by atoms with Crippen LogP contribution in [0, 0.1) is 5.92 Å². The van der Waals surface area contributed by atoms with E-state index in [0.29, 0.717) is 22.9 Å². The molecule has 0 saturated heterocycles. The molecule has 0 spiro atoms. The van der Waals surface area contributed by atoms with Crippen LogP contribution in [0.1, 0.15) is 32.1 Å². The molecule has 0 N–H and O–H groups in total. The summed E-state index contributed by atoms with van der Waals surface area (Å²) in [5.41, 5.74) is 2.05. The minimum absolute atomic E-state index is 0.00705. The number of hydrogen-bond donors (Lipinski definition) is 0. The van der Waals surface area contributed by atoms with Crippen molar-refractivity contribution in [2.24, 2.45) is 5.92 Å². The van der Waals surface area contributed by atoms with Gasteiger partial charge in [0.25, 0.3) is 0 Å². The highest BCUT2D eigenvalue weighted by molar-refractivity contribution is 5.66. The van der Waals surface area contributed by atoms with Crippen LogP contribution in [0.4, 0.5) is 19.0 Å². The average Bonchev–Trinajstić information content (AvgIpc) is 3.12. The molecular weight excluding hydrogens is 329 g/mol. The van der Waals surface area contributed by atoms with Crippen LogP contribution >= 0.6 is 0 Å². The molecule has 0 aliphatic heterocycles. The van der Waals surface area contributed by atoms with Gasteiger partial charge in [-0.25, -0.2) is 4.98 Å². The number of alkyl halides is 3. The van der Waals surface area contributed by atoms with E-state index in [-0.39, 0.29) is 4.68 Å². The zero-order valence-corrected chi connectivity index (χ0v) is 14.1. The predicted molar refractivity (Wildman–Crippen MR) is 90.9 cm³/mol. The van der Waals surface area contributed by atoms with Crippen LogP contribution in [0.5, 0.6) is 0 Å². The maximum absolute atomic E-state index is 12.7. The Labute approximate surface area is 145 Å². The number of hydrogen-bond acceptors (Lipinski definition) is 3. The smallest absolute Gasteiger partial charge is 0.334 e. The van der Waals surface area contributed by atoms with Crippen LogP contribution in [-0.2, 0) is 6.30 Å². The lowest BCUT2D eigenvalue weighted by molar-refractivity contribution is -0.212. The van der Waals surface area contributed by atoms with Gasteiger partial charge in [-0.15, -0.1) is 13.2 Å². The predicted octanol–water partition coefficient (Wildman–Crippen LogP) is 4.95. The maximum Gasteiger partial charge on any atom is 0.504 e. The number of allylic oxidation sites excluding steroid dienone is 1. The summed E-state index contributed by atoms with van der Waals surface area (Å²) in [5, 5.41) is 3.39. The SMILES string of the molecule is C=C(C1CCCCC1)N(C)c1cc(-c2cnn(C(F)(F)F)c2)ccn1. The van der Waals surface area contributed by atoms with Crippen LogP contribution in [-0.4, -0.2) is 21.8 Å². The van der Waals surface area contributed by atoms with E-state index in [1.54, 1.807) is 18.3 Å². The highest BCUT2D eigenvalue weighted by atomic mass is 19.4. The fraction of sp³-hybridized carbons (Fsp3) is 0.444. The van der Waals surface area contributed by atoms with E-state index in [0.717, 1.165) is 24.7 Å². The summed E-state index contributed by atoms with van der Waals surface area (Å²) < 4.78 is 38.1. The van der Waals surface area contributed by atoms with Crippen molar-refractivity contribution in [3.63, 3.8) is 0 Å². The zero-order valence-electron chi connectivity index (χ0n) is 14.1. The van der Waals surface area contributed by atoms with Gasteiger partial charge in [-0.05, 0) is 36.5 Å². The molecular formula is C18H21F3N4. The lowest BCUT2D eigenvalue weighted by Crippen LogP contribution is -2.24. The molecule has 0 unspecified atom stereocenters. The second-order valence-electron chi connectivity index (χ2n) is 6.43. The number of nitrogens with zero attached hydrogens (tertiary/aromatic N) is 4. The largest absolute Gasteiger partial charge is 0.504 e. The van der Waals surface area contributed by atoms with E-state index in [1.165, 1.54) is 25.5 Å². The molecule has 0 atom stereocenters. The summed E-state index contributed by atoms with van der Waals surface area (Å²) in [6.45, 7) is 4.21. The minimum atomic E-state index is -4.51. The van der Waals surface area contributed by atoms with Gasteiger partial charge in [0, 0.05) is 30.7 Å². The number of halogens is 3. The van der Waals surface area contributed by atoms with Gasteiger partial charge in [0.1, 0.15) is 5.82 Å². The summed E-state index contributed by atoms with van der Waals surface area (Å²) >= 11 is 0. The molecule has 0 amide bonds. The molecule has 1 aliphatic carbocycles. The summed E-state index contributed by atoms with van der Waals surface area (Å²) in [4.78, 5) is 6.29. The van der Waals surface area contributed by atoms with Gasteiger partial charge in [-0.2, -0.15) is 9.78 Å². The Hall–Kier alpha value is -2.31. The van der Waals surface area contributed by atoms with Crippen LogP contribution in [0.15, 0.2) is 43.0 Å². The lowest BCUT2D eigenvalue weighted by atomic mass is 9.87. The number of rotatable bonds is 4. The summed E-state index contributed by atoms with van der Waals surface area (Å²) in [5.74, 6) is 1.12. The molecule has 4 nitrogen and oxygen atoms in total. The minimum Gasteiger partial charge on any atom is -0.334 e. The highest BCUT2D eigenvalue weighted by Crippen LogP contribution is 2.33. The second kappa shape index (κ2) is 6.90. The fourth-order valence-corrected chi connectivity index (χ4v) is 3.25. The van der Waals surface area contributed by atoms with Crippen molar-refractivity contribution in [2.45, 2.75) is 38.4 Å². The molecule has 25 heavy (non-hydrogen) atoms. The third kappa shape index (κ3) is 3.86. The Kier molecular flexibility index (Phi) is 4.83. The Bertz CT molecular complexity index is 745. The van der Waals surface area contributed by atoms with Gasteiger partial charge in [0.05, 0.1) is 6.20 Å². The second-order valence-corrected chi connectivity index (χ2v) is 6.43. The first kappa shape index (κ1) is 17.5. The van der Waals surface area contributed by atoms with Gasteiger partial charge < -0.3 is 4.90 Å². The number of anilines is 1. The first-order valence-electron chi connectivity index (χ1n) is 8.37. The topological polar surface area (TPSA) is 34.0 Å². The molecule has 2 heterocycles. The molecule has 3 rings (SSSR count). The lowest BCUT2D eigenvalue weighted by Gasteiger charge is -2.30. The van der Waals surface area contributed by atoms with Crippen molar-refractivity contribution in [3.8, 4) is 11.1 Å². The van der Waals surface area contributed by atoms with E-state index < -0.39 is 6.30 Å². The molecule has 0 aromatic carbocycles. The first-order valence-corrected chi connectivity index (χ1v) is 8.37. The van der Waals surface area contributed by atoms with E-state index in [1.807, 2.05) is 11.9 Å². The van der Waals surface area contributed by atoms with Crippen molar-refractivity contribution in [3.05, 3.63) is 43.0 Å². The van der Waals surface area contributed by atoms with Crippen LogP contribution in [0.25, 0.3) is 11.1 Å². The Morgan fingerprint density at radius 3 is 2.60 bits per heavy atom. The summed E-state index contributed by atoms with van der Waals surface area (Å²) in [6, 6.07) is 3.45. The third-order valence-corrected chi connectivity index (χ3v) is 4.77. The molecule has 2 aromatic heterocycles. The van der Waals surface area contributed by atoms with Crippen molar-refractivity contribution in [1.82, 2.24) is 14.8 Å². The van der Waals surface area contributed by atoms with Gasteiger partial charge >= 0.3 is 6.30 Å². The quantitative estimate of drug-likeness (QED) is 0.782. The molecule has 1 aliphatic rings. The molecule has 0 bridgehead atoms. The molecule has 0 radical (unpaired) electrons. The molecule has 1 saturated carbocycles. The average molecular weight is 350 g/mol. The van der Waals surface area contributed by atoms with Gasteiger partial charge in [0.15, 0.2) is 0 Å². The highest BCUT2D eigenvalue weighted by Gasteiger charge is 2.31. The normalized spacial score (nSPS) is 16.0. The van der Waals surface area contributed by atoms with E-state index >= 15 is 0 Å². The van der Waals surface area contributed by atoms with Gasteiger partial charge in [-0.1, -0.05) is 25.8 Å². The van der Waals surface area contributed by atoms with Crippen LogP contribution < -0.4 is 4.90 Å². The molecule has 1 fully saturated rings. The van der Waals surface area contributed by atoms with Crippen molar-refractivity contribution >= 4 is 5.82 Å². The molecule has 7 heteroatoms. The van der Waals surface area contributed by atoms with Gasteiger partial charge in [0.2, 0.25) is 0 Å². The standard InChI is InChI=1S/C18H21F3N4/c1-13(14-6-4-3-5-7-14)24(2)17-10-15(8-9-22-17)16-11-23-25(12-16)18(19,20)21/h8-12,14H,1,3-7H2,2H3. The van der Waals surface area contributed by atoms with Crippen molar-refractivity contribution in [1.29, 1.82) is 0 Å². The van der Waals surface area contributed by atoms with Crippen LogP contribution in [0.2, 0.25) is 0 Å². The Balaban J connectivity index is 1.81. The monoisotopic (exact) mass is 350 g/mol. The van der Waals surface area contributed by atoms with E-state index in [2.05, 4.69) is 16.7 Å². The van der Waals surface area contributed by atoms with Crippen molar-refractivity contribution < 1.29 is 13.2 Å². The van der Waals surface area contributed by atoms with Crippen LogP contribution in [0.3, 0.4) is 0 Å². The molecule has 134 valence electrons. The molecule has 2 aromatic rings.